The fourth-order valence-electron chi connectivity index (χ4n) is 1.86. The number of hydrogen-bond donors (Lipinski definition) is 0. The van der Waals surface area contributed by atoms with Crippen molar-refractivity contribution in [3.05, 3.63) is 29.5 Å². The Morgan fingerprint density at radius 3 is 1.57 bits per heavy atom. The number of aryl methyl sites for hydroxylation is 1. The molecule has 1 aromatic heterocycles. The molecule has 0 N–H and O–H groups in total. The number of nitrogens with zero attached hydrogens (tertiary/aromatic N) is 1. The van der Waals surface area contributed by atoms with Crippen LogP contribution in [0.2, 0.25) is 5.15 Å². The van der Waals surface area contributed by atoms with Crippen molar-refractivity contribution in [2.24, 2.45) is 0 Å². The zero-order valence-electron chi connectivity index (χ0n) is 13.0. The summed E-state index contributed by atoms with van der Waals surface area (Å²) in [4.78, 5) is 0. The highest BCUT2D eigenvalue weighted by molar-refractivity contribution is 6.28. The summed E-state index contributed by atoms with van der Waals surface area (Å²) in [6, 6.07) is 3.43. The molecule has 0 spiro atoms. The molecule has 1 heterocycles. The van der Waals surface area contributed by atoms with E-state index in [9.17, 15) is 57.1 Å². The van der Waals surface area contributed by atoms with Crippen LogP contribution in [0.5, 0.6) is 0 Å². The van der Waals surface area contributed by atoms with E-state index < -0.39 is 48.8 Å². The molecule has 1 nitrogen and oxygen atoms in total. The van der Waals surface area contributed by atoms with Crippen molar-refractivity contribution in [2.75, 3.05) is 0 Å². The molecule has 0 unspecified atom stereocenters. The fraction of sp³-hybridized carbons (Fsp3) is 0.615. The van der Waals surface area contributed by atoms with E-state index in [0.717, 1.165) is 18.3 Å². The molecule has 0 aliphatic heterocycles. The summed E-state index contributed by atoms with van der Waals surface area (Å²) in [6.45, 7) is -1.28. The molecule has 0 atom stereocenters. The van der Waals surface area contributed by atoms with E-state index in [2.05, 4.69) is 0 Å². The molecular formula is C13H8ClF13N+. The molecule has 0 aromatic carbocycles. The van der Waals surface area contributed by atoms with E-state index in [-0.39, 0.29) is 5.15 Å². The molecule has 0 amide bonds. The lowest BCUT2D eigenvalue weighted by Crippen LogP contribution is -2.70. The zero-order chi connectivity index (χ0) is 22.4. The fourth-order valence-corrected chi connectivity index (χ4v) is 2.07. The summed E-state index contributed by atoms with van der Waals surface area (Å²) in [5, 5.41) is -0.373. The molecule has 0 radical (unpaired) electrons. The molecule has 1 rings (SSSR count). The normalized spacial score (nSPS) is 15.1. The molecule has 162 valence electrons. The highest BCUT2D eigenvalue weighted by Crippen LogP contribution is 2.60. The van der Waals surface area contributed by atoms with Gasteiger partial charge in [-0.25, -0.2) is 0 Å². The van der Waals surface area contributed by atoms with Gasteiger partial charge in [0.25, 0.3) is 5.15 Å². The SMILES string of the molecule is FC(F)(F)C(F)(F)C(F)(F)C(F)(F)C(F)(F)C(F)(F)CC[n+]1ccccc1Cl. The van der Waals surface area contributed by atoms with Gasteiger partial charge < -0.3 is 0 Å². The van der Waals surface area contributed by atoms with Crippen molar-refractivity contribution in [1.82, 2.24) is 0 Å². The van der Waals surface area contributed by atoms with E-state index in [4.69, 9.17) is 11.6 Å². The second kappa shape index (κ2) is 7.10. The lowest BCUT2D eigenvalue weighted by atomic mass is 9.92. The van der Waals surface area contributed by atoms with Crippen LogP contribution >= 0.6 is 11.6 Å². The molecule has 0 aliphatic rings. The Morgan fingerprint density at radius 2 is 1.14 bits per heavy atom. The first-order chi connectivity index (χ1) is 12.2. The Balaban J connectivity index is 3.27. The predicted molar refractivity (Wildman–Crippen MR) is 67.1 cm³/mol. The highest BCUT2D eigenvalue weighted by Gasteiger charge is 2.90. The Kier molecular flexibility index (Phi) is 6.23. The quantitative estimate of drug-likeness (QED) is 0.277. The number of alkyl halides is 13. The molecule has 28 heavy (non-hydrogen) atoms. The Labute approximate surface area is 152 Å². The average Bonchev–Trinajstić information content (AvgIpc) is 2.52. The van der Waals surface area contributed by atoms with E-state index in [1.165, 1.54) is 6.07 Å². The van der Waals surface area contributed by atoms with Gasteiger partial charge in [-0.2, -0.15) is 61.6 Å². The van der Waals surface area contributed by atoms with Gasteiger partial charge in [-0.1, -0.05) is 0 Å². The van der Waals surface area contributed by atoms with Gasteiger partial charge in [0, 0.05) is 12.1 Å². The summed E-state index contributed by atoms with van der Waals surface area (Å²) in [6.07, 6.45) is -8.85. The summed E-state index contributed by atoms with van der Waals surface area (Å²) in [5.74, 6) is -36.8. The van der Waals surface area contributed by atoms with Crippen molar-refractivity contribution < 1.29 is 61.6 Å². The van der Waals surface area contributed by atoms with Crippen LogP contribution < -0.4 is 4.57 Å². The molecular weight excluding hydrogens is 453 g/mol. The third-order valence-electron chi connectivity index (χ3n) is 3.55. The number of rotatable bonds is 7. The Hall–Kier alpha value is -1.47. The van der Waals surface area contributed by atoms with Gasteiger partial charge in [-0.15, -0.1) is 0 Å². The van der Waals surface area contributed by atoms with Crippen molar-refractivity contribution in [3.8, 4) is 0 Å². The highest BCUT2D eigenvalue weighted by atomic mass is 35.5. The van der Waals surface area contributed by atoms with Gasteiger partial charge in [-0.05, 0) is 17.7 Å². The van der Waals surface area contributed by atoms with Gasteiger partial charge in [0.1, 0.15) is 0 Å². The number of pyridine rings is 1. The van der Waals surface area contributed by atoms with E-state index in [1.807, 2.05) is 0 Å². The van der Waals surface area contributed by atoms with Gasteiger partial charge >= 0.3 is 35.8 Å². The van der Waals surface area contributed by atoms with Crippen molar-refractivity contribution >= 4 is 11.6 Å². The summed E-state index contributed by atoms with van der Waals surface area (Å²) < 4.78 is 169. The Morgan fingerprint density at radius 1 is 0.679 bits per heavy atom. The number of aromatic nitrogens is 1. The third-order valence-corrected chi connectivity index (χ3v) is 3.89. The van der Waals surface area contributed by atoms with Crippen LogP contribution in [0.15, 0.2) is 24.4 Å². The minimum absolute atomic E-state index is 0.373. The Bertz CT molecular complexity index is 698. The van der Waals surface area contributed by atoms with E-state index in [0.29, 0.717) is 4.57 Å². The van der Waals surface area contributed by atoms with Gasteiger partial charge in [0.05, 0.1) is 6.42 Å². The maximum Gasteiger partial charge on any atom is 0.460 e. The van der Waals surface area contributed by atoms with Gasteiger partial charge in [0.15, 0.2) is 12.7 Å². The van der Waals surface area contributed by atoms with Crippen LogP contribution in [-0.4, -0.2) is 35.8 Å². The zero-order valence-corrected chi connectivity index (χ0v) is 13.7. The molecule has 0 aliphatic carbocycles. The van der Waals surface area contributed by atoms with Crippen LogP contribution in [0.3, 0.4) is 0 Å². The van der Waals surface area contributed by atoms with Crippen LogP contribution in [0.4, 0.5) is 57.1 Å². The molecule has 15 heteroatoms. The second-order valence-corrected chi connectivity index (χ2v) is 5.85. The van der Waals surface area contributed by atoms with Gasteiger partial charge in [0.2, 0.25) is 0 Å². The largest absolute Gasteiger partial charge is 0.460 e. The van der Waals surface area contributed by atoms with E-state index in [1.54, 1.807) is 0 Å². The number of halogens is 14. The first-order valence-electron chi connectivity index (χ1n) is 6.84. The van der Waals surface area contributed by atoms with Crippen molar-refractivity contribution in [3.63, 3.8) is 0 Å². The van der Waals surface area contributed by atoms with Crippen molar-refractivity contribution in [2.45, 2.75) is 48.8 Å². The lowest BCUT2D eigenvalue weighted by Gasteiger charge is -2.39. The maximum absolute atomic E-state index is 13.6. The van der Waals surface area contributed by atoms with Crippen LogP contribution in [0.25, 0.3) is 0 Å². The van der Waals surface area contributed by atoms with Crippen LogP contribution in [0, 0.1) is 0 Å². The summed E-state index contributed by atoms with van der Waals surface area (Å²) >= 11 is 5.48. The topological polar surface area (TPSA) is 3.88 Å². The molecule has 0 saturated heterocycles. The van der Waals surface area contributed by atoms with Crippen molar-refractivity contribution in [1.29, 1.82) is 0 Å². The average molecular weight is 461 g/mol. The standard InChI is InChI=1S/C13H8ClF13N/c14-7-3-1-2-5-28(7)6-4-8(15,16)9(17,18)10(19,20)11(21,22)12(23,24)13(25,26)27/h1-3,5H,4,6H2/q+1. The van der Waals surface area contributed by atoms with Crippen LogP contribution in [0.1, 0.15) is 6.42 Å². The first-order valence-corrected chi connectivity index (χ1v) is 7.21. The first kappa shape index (κ1) is 24.6. The second-order valence-electron chi connectivity index (χ2n) is 5.47. The lowest BCUT2D eigenvalue weighted by molar-refractivity contribution is -0.698. The molecule has 0 saturated carbocycles. The molecule has 0 fully saturated rings. The summed E-state index contributed by atoms with van der Waals surface area (Å²) in [5.41, 5.74) is 0. The third kappa shape index (κ3) is 3.71. The van der Waals surface area contributed by atoms with Crippen LogP contribution in [-0.2, 0) is 6.54 Å². The minimum atomic E-state index is -7.89. The maximum atomic E-state index is 13.6. The summed E-state index contributed by atoms with van der Waals surface area (Å²) in [7, 11) is 0. The smallest absolute Gasteiger partial charge is 0.199 e. The molecule has 1 aromatic rings. The van der Waals surface area contributed by atoms with Gasteiger partial charge in [-0.3, -0.25) is 0 Å². The predicted octanol–water partition coefficient (Wildman–Crippen LogP) is 5.76. The van der Waals surface area contributed by atoms with E-state index >= 15 is 0 Å². The minimum Gasteiger partial charge on any atom is -0.199 e. The number of hydrogen-bond acceptors (Lipinski definition) is 0. The molecule has 0 bridgehead atoms. The monoisotopic (exact) mass is 460 g/mol.